The quantitative estimate of drug-likeness (QED) is 0.279. The standard InChI is InChI=1S/C30H30N6O2/c1-2-8-23(7-1)19-37-21-28-17-35(33-31-28)15-26-13-5-11-25-12-6-14-27(30(25)26)16-36-18-29(32-34-36)22-38-20-24-9-3-4-10-24/h1-14,17-18,23-24H,15-16,19-22H2. The van der Waals surface area contributed by atoms with E-state index in [4.69, 9.17) is 9.47 Å². The minimum atomic E-state index is 0.347. The van der Waals surface area contributed by atoms with E-state index in [-0.39, 0.29) is 0 Å². The first-order valence-corrected chi connectivity index (χ1v) is 12.9. The maximum atomic E-state index is 5.83. The molecule has 2 aliphatic carbocycles. The largest absolute Gasteiger partial charge is 0.374 e. The molecule has 0 unspecified atom stereocenters. The summed E-state index contributed by atoms with van der Waals surface area (Å²) in [6.07, 6.45) is 20.7. The van der Waals surface area contributed by atoms with Crippen molar-refractivity contribution in [1.29, 1.82) is 0 Å². The Morgan fingerprint density at radius 3 is 1.58 bits per heavy atom. The third-order valence-corrected chi connectivity index (χ3v) is 6.69. The molecule has 2 aromatic heterocycles. The SMILES string of the molecule is C1=CC(COCc2cn(Cc3cccc4cccc(Cn5cc(COCC6C=CC=C6)nn5)c34)nn2)C=C1. The summed E-state index contributed by atoms with van der Waals surface area (Å²) < 4.78 is 15.4. The molecular weight excluding hydrogens is 476 g/mol. The Morgan fingerprint density at radius 1 is 0.632 bits per heavy atom. The lowest BCUT2D eigenvalue weighted by atomic mass is 9.99. The van der Waals surface area contributed by atoms with Crippen LogP contribution in [0.1, 0.15) is 22.5 Å². The third kappa shape index (κ3) is 5.88. The Hall–Kier alpha value is -4.14. The van der Waals surface area contributed by atoms with Gasteiger partial charge in [-0.3, -0.25) is 0 Å². The van der Waals surface area contributed by atoms with Crippen LogP contribution in [-0.4, -0.2) is 43.2 Å². The second kappa shape index (κ2) is 11.5. The van der Waals surface area contributed by atoms with Crippen molar-refractivity contribution in [2.75, 3.05) is 13.2 Å². The van der Waals surface area contributed by atoms with E-state index in [0.717, 1.165) is 11.4 Å². The summed E-state index contributed by atoms with van der Waals surface area (Å²) in [4.78, 5) is 0. The Bertz CT molecular complexity index is 1380. The average Bonchev–Trinajstić information content (AvgIpc) is 3.75. The van der Waals surface area contributed by atoms with Crippen molar-refractivity contribution >= 4 is 10.8 Å². The molecule has 4 aromatic rings. The van der Waals surface area contributed by atoms with Crippen LogP contribution in [0.25, 0.3) is 10.8 Å². The zero-order chi connectivity index (χ0) is 25.6. The van der Waals surface area contributed by atoms with E-state index in [1.165, 1.54) is 21.9 Å². The molecule has 0 N–H and O–H groups in total. The van der Waals surface area contributed by atoms with Crippen LogP contribution in [0.15, 0.2) is 97.4 Å². The van der Waals surface area contributed by atoms with Gasteiger partial charge in [-0.15, -0.1) is 10.2 Å². The molecule has 0 radical (unpaired) electrons. The van der Waals surface area contributed by atoms with Crippen molar-refractivity contribution in [3.8, 4) is 0 Å². The Labute approximate surface area is 221 Å². The number of allylic oxidation sites excluding steroid dienone is 4. The fourth-order valence-electron chi connectivity index (χ4n) is 4.86. The highest BCUT2D eigenvalue weighted by atomic mass is 16.5. The normalized spacial score (nSPS) is 15.1. The van der Waals surface area contributed by atoms with Crippen molar-refractivity contribution in [3.05, 3.63) is 120 Å². The molecule has 0 fully saturated rings. The van der Waals surface area contributed by atoms with Gasteiger partial charge in [-0.1, -0.05) is 95.4 Å². The summed E-state index contributed by atoms with van der Waals surface area (Å²) >= 11 is 0. The van der Waals surface area contributed by atoms with E-state index in [1.807, 2.05) is 46.1 Å². The Morgan fingerprint density at radius 2 is 1.11 bits per heavy atom. The molecule has 192 valence electrons. The molecule has 6 rings (SSSR count). The number of fused-ring (bicyclic) bond motifs is 1. The van der Waals surface area contributed by atoms with Crippen LogP contribution in [0.2, 0.25) is 0 Å². The molecule has 0 amide bonds. The summed E-state index contributed by atoms with van der Waals surface area (Å²) in [6.45, 7) is 3.44. The van der Waals surface area contributed by atoms with Gasteiger partial charge in [0.25, 0.3) is 0 Å². The van der Waals surface area contributed by atoms with Crippen LogP contribution in [0, 0.1) is 11.8 Å². The zero-order valence-electron chi connectivity index (χ0n) is 21.1. The first-order chi connectivity index (χ1) is 18.8. The number of hydrogen-bond donors (Lipinski definition) is 0. The smallest absolute Gasteiger partial charge is 0.108 e. The predicted molar refractivity (Wildman–Crippen MR) is 145 cm³/mol. The van der Waals surface area contributed by atoms with Gasteiger partial charge in [-0.2, -0.15) is 0 Å². The summed E-state index contributed by atoms with van der Waals surface area (Å²) in [5.41, 5.74) is 4.01. The molecule has 0 saturated carbocycles. The first kappa shape index (κ1) is 24.2. The molecule has 0 atom stereocenters. The zero-order valence-corrected chi connectivity index (χ0v) is 21.1. The molecular formula is C30H30N6O2. The molecule has 0 spiro atoms. The molecule has 0 saturated heterocycles. The van der Waals surface area contributed by atoms with Crippen LogP contribution in [0.4, 0.5) is 0 Å². The van der Waals surface area contributed by atoms with Gasteiger partial charge in [-0.25, -0.2) is 9.36 Å². The highest BCUT2D eigenvalue weighted by molar-refractivity contribution is 5.89. The molecule has 8 heteroatoms. The molecule has 38 heavy (non-hydrogen) atoms. The molecule has 0 aliphatic heterocycles. The van der Waals surface area contributed by atoms with Gasteiger partial charge >= 0.3 is 0 Å². The van der Waals surface area contributed by atoms with Gasteiger partial charge in [-0.05, 0) is 21.9 Å². The summed E-state index contributed by atoms with van der Waals surface area (Å²) in [5.74, 6) is 0.694. The minimum absolute atomic E-state index is 0.347. The van der Waals surface area contributed by atoms with E-state index in [9.17, 15) is 0 Å². The van der Waals surface area contributed by atoms with E-state index in [2.05, 4.69) is 81.3 Å². The summed E-state index contributed by atoms with van der Waals surface area (Å²) in [6, 6.07) is 12.8. The number of rotatable bonds is 12. The van der Waals surface area contributed by atoms with Crippen LogP contribution in [-0.2, 0) is 35.8 Å². The average molecular weight is 507 g/mol. The lowest BCUT2D eigenvalue weighted by Crippen LogP contribution is -2.05. The molecule has 2 heterocycles. The van der Waals surface area contributed by atoms with Crippen molar-refractivity contribution in [3.63, 3.8) is 0 Å². The monoisotopic (exact) mass is 506 g/mol. The predicted octanol–water partition coefficient (Wildman–Crippen LogP) is 4.64. The second-order valence-corrected chi connectivity index (χ2v) is 9.64. The molecule has 8 nitrogen and oxygen atoms in total. The number of ether oxygens (including phenoxy) is 2. The van der Waals surface area contributed by atoms with Crippen molar-refractivity contribution in [2.45, 2.75) is 26.3 Å². The Balaban J connectivity index is 1.12. The minimum Gasteiger partial charge on any atom is -0.374 e. The maximum Gasteiger partial charge on any atom is 0.108 e. The highest BCUT2D eigenvalue weighted by Crippen LogP contribution is 2.25. The van der Waals surface area contributed by atoms with Crippen LogP contribution in [0.5, 0.6) is 0 Å². The van der Waals surface area contributed by atoms with Gasteiger partial charge in [0.2, 0.25) is 0 Å². The first-order valence-electron chi connectivity index (χ1n) is 12.9. The third-order valence-electron chi connectivity index (χ3n) is 6.69. The fourth-order valence-corrected chi connectivity index (χ4v) is 4.86. The molecule has 0 bridgehead atoms. The number of benzene rings is 2. The van der Waals surface area contributed by atoms with Crippen LogP contribution < -0.4 is 0 Å². The Kier molecular flexibility index (Phi) is 7.33. The molecule has 2 aliphatic rings. The number of nitrogens with zero attached hydrogens (tertiary/aromatic N) is 6. The van der Waals surface area contributed by atoms with Gasteiger partial charge in [0.15, 0.2) is 0 Å². The van der Waals surface area contributed by atoms with Crippen molar-refractivity contribution in [2.24, 2.45) is 11.8 Å². The summed E-state index contributed by atoms with van der Waals surface area (Å²) in [7, 11) is 0. The van der Waals surface area contributed by atoms with E-state index >= 15 is 0 Å². The van der Waals surface area contributed by atoms with Gasteiger partial charge in [0, 0.05) is 11.8 Å². The lowest BCUT2D eigenvalue weighted by molar-refractivity contribution is 0.108. The maximum absolute atomic E-state index is 5.83. The number of aromatic nitrogens is 6. The van der Waals surface area contributed by atoms with Gasteiger partial charge < -0.3 is 9.47 Å². The van der Waals surface area contributed by atoms with Gasteiger partial charge in [0.1, 0.15) is 11.4 Å². The summed E-state index contributed by atoms with van der Waals surface area (Å²) in [5, 5.41) is 19.7. The molecule has 2 aromatic carbocycles. The number of hydrogen-bond acceptors (Lipinski definition) is 6. The highest BCUT2D eigenvalue weighted by Gasteiger charge is 2.12. The van der Waals surface area contributed by atoms with Crippen LogP contribution >= 0.6 is 0 Å². The van der Waals surface area contributed by atoms with E-state index in [0.29, 0.717) is 51.4 Å². The fraction of sp³-hybridized carbons (Fsp3) is 0.267. The van der Waals surface area contributed by atoms with Gasteiger partial charge in [0.05, 0.1) is 51.9 Å². The lowest BCUT2D eigenvalue weighted by Gasteiger charge is -2.12. The van der Waals surface area contributed by atoms with E-state index in [1.54, 1.807) is 0 Å². The second-order valence-electron chi connectivity index (χ2n) is 9.64. The van der Waals surface area contributed by atoms with Crippen molar-refractivity contribution in [1.82, 2.24) is 30.0 Å². The van der Waals surface area contributed by atoms with Crippen LogP contribution in [0.3, 0.4) is 0 Å². The van der Waals surface area contributed by atoms with Crippen molar-refractivity contribution < 1.29 is 9.47 Å². The van der Waals surface area contributed by atoms with E-state index < -0.39 is 0 Å². The topological polar surface area (TPSA) is 79.9 Å².